The Morgan fingerprint density at radius 3 is 1.60 bits per heavy atom. The van der Waals surface area contributed by atoms with Gasteiger partial charge in [0.25, 0.3) is 0 Å². The molecule has 3 aromatic heterocycles. The van der Waals surface area contributed by atoms with Gasteiger partial charge in [0.05, 0.1) is 22.6 Å². The first-order chi connectivity index (χ1) is 19.8. The van der Waals surface area contributed by atoms with Gasteiger partial charge >= 0.3 is 0 Å². The third kappa shape index (κ3) is 4.63. The van der Waals surface area contributed by atoms with Crippen LogP contribution < -0.4 is 0 Å². The van der Waals surface area contributed by atoms with E-state index in [0.717, 1.165) is 67.2 Å². The summed E-state index contributed by atoms with van der Waals surface area (Å²) in [6.07, 6.45) is 3.65. The molecule has 40 heavy (non-hydrogen) atoms. The van der Waals surface area contributed by atoms with E-state index in [9.17, 15) is 0 Å². The lowest BCUT2D eigenvalue weighted by Gasteiger charge is -2.12. The molecule has 0 aliphatic rings. The van der Waals surface area contributed by atoms with Crippen molar-refractivity contribution in [1.29, 1.82) is 0 Å². The summed E-state index contributed by atoms with van der Waals surface area (Å²) in [5.41, 5.74) is 10.1. The Kier molecular flexibility index (Phi) is 6.11. The van der Waals surface area contributed by atoms with Crippen molar-refractivity contribution in [2.24, 2.45) is 0 Å². The maximum absolute atomic E-state index is 5.02. The predicted octanol–water partition coefficient (Wildman–Crippen LogP) is 8.75. The summed E-state index contributed by atoms with van der Waals surface area (Å²) in [7, 11) is 0. The molecule has 0 atom stereocenters. The third-order valence-corrected chi connectivity index (χ3v) is 6.98. The molecule has 4 heteroatoms. The number of hydrogen-bond donors (Lipinski definition) is 0. The summed E-state index contributed by atoms with van der Waals surface area (Å²) < 4.78 is 0. The van der Waals surface area contributed by atoms with E-state index in [-0.39, 0.29) is 0 Å². The van der Waals surface area contributed by atoms with Crippen LogP contribution in [0, 0.1) is 0 Å². The quantitative estimate of drug-likeness (QED) is 0.231. The van der Waals surface area contributed by atoms with Crippen LogP contribution in [0.25, 0.3) is 67.2 Å². The van der Waals surface area contributed by atoms with Gasteiger partial charge in [-0.15, -0.1) is 0 Å². The maximum Gasteiger partial charge on any atom is 0.160 e. The molecule has 0 amide bonds. The fraction of sp³-hybridized carbons (Fsp3) is 0. The highest BCUT2D eigenvalue weighted by molar-refractivity contribution is 5.94. The van der Waals surface area contributed by atoms with Gasteiger partial charge in [0.1, 0.15) is 0 Å². The van der Waals surface area contributed by atoms with Crippen LogP contribution in [0.5, 0.6) is 0 Å². The van der Waals surface area contributed by atoms with Crippen molar-refractivity contribution in [2.45, 2.75) is 0 Å². The highest BCUT2D eigenvalue weighted by Gasteiger charge is 2.13. The Morgan fingerprint density at radius 1 is 0.375 bits per heavy atom. The van der Waals surface area contributed by atoms with Gasteiger partial charge in [-0.3, -0.25) is 9.97 Å². The van der Waals surface area contributed by atoms with Crippen molar-refractivity contribution >= 4 is 10.9 Å². The Hall–Kier alpha value is -5.48. The number of fused-ring (bicyclic) bond motifs is 1. The standard InChI is InChI=1S/C36H24N4/c1-2-10-27(11-3-1)36-39-34-15-5-4-12-31(34)35(40-36)26-18-16-25(17-19-26)28-22-29(32-13-6-8-20-37-32)24-30(23-28)33-14-7-9-21-38-33/h1-24H. The SMILES string of the molecule is c1ccc(-c2nc(-c3ccc(-c4cc(-c5ccccn5)cc(-c5ccccn5)c4)cc3)c3ccccc3n2)cc1. The predicted molar refractivity (Wildman–Crippen MR) is 162 cm³/mol. The number of rotatable bonds is 5. The van der Waals surface area contributed by atoms with Crippen LogP contribution in [0.1, 0.15) is 0 Å². The molecule has 0 aliphatic heterocycles. The van der Waals surface area contributed by atoms with Gasteiger partial charge in [-0.1, -0.05) is 84.9 Å². The number of nitrogens with zero attached hydrogens (tertiary/aromatic N) is 4. The van der Waals surface area contributed by atoms with E-state index in [1.807, 2.05) is 97.3 Å². The van der Waals surface area contributed by atoms with Crippen molar-refractivity contribution in [3.05, 3.63) is 146 Å². The van der Waals surface area contributed by atoms with Crippen molar-refractivity contribution < 1.29 is 0 Å². The molecule has 0 aliphatic carbocycles. The summed E-state index contributed by atoms with van der Waals surface area (Å²) in [4.78, 5) is 19.1. The van der Waals surface area contributed by atoms with Crippen LogP contribution in [0.2, 0.25) is 0 Å². The smallest absolute Gasteiger partial charge is 0.160 e. The lowest BCUT2D eigenvalue weighted by molar-refractivity contribution is 1.23. The zero-order valence-corrected chi connectivity index (χ0v) is 21.6. The van der Waals surface area contributed by atoms with Crippen LogP contribution in [0.15, 0.2) is 146 Å². The molecule has 7 aromatic rings. The van der Waals surface area contributed by atoms with Crippen LogP contribution in [-0.4, -0.2) is 19.9 Å². The number of benzene rings is 4. The Morgan fingerprint density at radius 2 is 0.950 bits per heavy atom. The largest absolute Gasteiger partial charge is 0.256 e. The van der Waals surface area contributed by atoms with Crippen LogP contribution in [0.3, 0.4) is 0 Å². The van der Waals surface area contributed by atoms with Gasteiger partial charge in [0.15, 0.2) is 5.82 Å². The second-order valence-corrected chi connectivity index (χ2v) is 9.59. The average molecular weight is 513 g/mol. The number of aromatic nitrogens is 4. The lowest BCUT2D eigenvalue weighted by Crippen LogP contribution is -1.95. The average Bonchev–Trinajstić information content (AvgIpc) is 3.05. The summed E-state index contributed by atoms with van der Waals surface area (Å²) in [5.74, 6) is 0.724. The van der Waals surface area contributed by atoms with Crippen molar-refractivity contribution in [2.75, 3.05) is 0 Å². The van der Waals surface area contributed by atoms with Gasteiger partial charge in [0, 0.05) is 40.0 Å². The van der Waals surface area contributed by atoms with Gasteiger partial charge in [-0.25, -0.2) is 9.97 Å². The van der Waals surface area contributed by atoms with Gasteiger partial charge in [-0.05, 0) is 59.7 Å². The molecule has 4 aromatic carbocycles. The Labute approximate surface area is 232 Å². The molecular formula is C36H24N4. The molecule has 188 valence electrons. The summed E-state index contributed by atoms with van der Waals surface area (Å²) in [6, 6.07) is 45.4. The molecule has 0 N–H and O–H groups in total. The molecule has 0 unspecified atom stereocenters. The van der Waals surface area contributed by atoms with E-state index < -0.39 is 0 Å². The van der Waals surface area contributed by atoms with Crippen LogP contribution in [0.4, 0.5) is 0 Å². The zero-order valence-electron chi connectivity index (χ0n) is 21.6. The Bertz CT molecular complexity index is 1860. The summed E-state index contributed by atoms with van der Waals surface area (Å²) in [5, 5.41) is 1.03. The second kappa shape index (κ2) is 10.4. The van der Waals surface area contributed by atoms with Crippen molar-refractivity contribution in [3.8, 4) is 56.3 Å². The van der Waals surface area contributed by atoms with Gasteiger partial charge in [-0.2, -0.15) is 0 Å². The zero-order chi connectivity index (χ0) is 26.7. The lowest BCUT2D eigenvalue weighted by atomic mass is 9.95. The highest BCUT2D eigenvalue weighted by atomic mass is 14.9. The first-order valence-electron chi connectivity index (χ1n) is 13.2. The van der Waals surface area contributed by atoms with E-state index in [1.54, 1.807) is 0 Å². The molecule has 0 saturated heterocycles. The number of pyridine rings is 2. The molecule has 0 bridgehead atoms. The first kappa shape index (κ1) is 23.6. The molecule has 3 heterocycles. The van der Waals surface area contributed by atoms with Gasteiger partial charge < -0.3 is 0 Å². The fourth-order valence-corrected chi connectivity index (χ4v) is 4.99. The molecule has 0 saturated carbocycles. The molecule has 4 nitrogen and oxygen atoms in total. The monoisotopic (exact) mass is 512 g/mol. The summed E-state index contributed by atoms with van der Waals surface area (Å²) >= 11 is 0. The minimum Gasteiger partial charge on any atom is -0.256 e. The van der Waals surface area contributed by atoms with E-state index in [0.29, 0.717) is 0 Å². The molecule has 0 fully saturated rings. The van der Waals surface area contributed by atoms with Crippen LogP contribution in [-0.2, 0) is 0 Å². The Balaban J connectivity index is 1.33. The van der Waals surface area contributed by atoms with Crippen molar-refractivity contribution in [1.82, 2.24) is 19.9 Å². The normalized spacial score (nSPS) is 11.0. The maximum atomic E-state index is 5.02. The van der Waals surface area contributed by atoms with Crippen molar-refractivity contribution in [3.63, 3.8) is 0 Å². The van der Waals surface area contributed by atoms with E-state index in [4.69, 9.17) is 9.97 Å². The second-order valence-electron chi connectivity index (χ2n) is 9.59. The molecule has 0 spiro atoms. The number of hydrogen-bond acceptors (Lipinski definition) is 4. The minimum absolute atomic E-state index is 0.724. The number of para-hydroxylation sites is 1. The van der Waals surface area contributed by atoms with Gasteiger partial charge in [0.2, 0.25) is 0 Å². The van der Waals surface area contributed by atoms with E-state index in [1.165, 1.54) is 0 Å². The van der Waals surface area contributed by atoms with Crippen LogP contribution >= 0.6 is 0 Å². The van der Waals surface area contributed by atoms with E-state index in [2.05, 4.69) is 58.5 Å². The third-order valence-electron chi connectivity index (χ3n) is 6.98. The fourth-order valence-electron chi connectivity index (χ4n) is 4.99. The first-order valence-corrected chi connectivity index (χ1v) is 13.2. The van der Waals surface area contributed by atoms with E-state index >= 15 is 0 Å². The topological polar surface area (TPSA) is 51.6 Å². The highest BCUT2D eigenvalue weighted by Crippen LogP contribution is 2.34. The summed E-state index contributed by atoms with van der Waals surface area (Å²) in [6.45, 7) is 0. The minimum atomic E-state index is 0.724. The molecule has 7 rings (SSSR count). The molecular weight excluding hydrogens is 488 g/mol. The molecule has 0 radical (unpaired) electrons.